The van der Waals surface area contributed by atoms with E-state index in [0.29, 0.717) is 32.0 Å². The second-order valence-corrected chi connectivity index (χ2v) is 6.20. The van der Waals surface area contributed by atoms with Crippen molar-refractivity contribution in [2.45, 2.75) is 20.3 Å². The van der Waals surface area contributed by atoms with Crippen LogP contribution in [0.1, 0.15) is 30.6 Å². The van der Waals surface area contributed by atoms with E-state index in [2.05, 4.69) is 0 Å². The first-order chi connectivity index (χ1) is 11.3. The van der Waals surface area contributed by atoms with Gasteiger partial charge in [-0.15, -0.1) is 12.4 Å². The second-order valence-electron chi connectivity index (χ2n) is 6.20. The maximum atomic E-state index is 12.8. The van der Waals surface area contributed by atoms with E-state index in [1.165, 1.54) is 19.2 Å². The molecule has 9 heteroatoms. The number of methoxy groups -OCH3 is 1. The number of nitro groups is 1. The van der Waals surface area contributed by atoms with Crippen molar-refractivity contribution in [3.63, 3.8) is 0 Å². The fourth-order valence-corrected chi connectivity index (χ4v) is 2.83. The Kier molecular flexibility index (Phi) is 7.01. The summed E-state index contributed by atoms with van der Waals surface area (Å²) in [5, 5.41) is 11.4. The first-order valence-corrected chi connectivity index (χ1v) is 7.83. The van der Waals surface area contributed by atoms with Crippen LogP contribution in [0.2, 0.25) is 0 Å². The monoisotopic (exact) mass is 373 g/mol. The molecule has 2 N–H and O–H groups in total. The summed E-state index contributed by atoms with van der Waals surface area (Å²) >= 11 is 0. The highest BCUT2D eigenvalue weighted by molar-refractivity contribution is 5.99. The molecule has 1 aromatic carbocycles. The molecule has 1 heterocycles. The zero-order valence-corrected chi connectivity index (χ0v) is 15.4. The molecular formula is C16H24ClN3O5. The van der Waals surface area contributed by atoms with E-state index in [1.54, 1.807) is 11.8 Å². The lowest BCUT2D eigenvalue weighted by Crippen LogP contribution is -2.34. The third kappa shape index (κ3) is 4.32. The Morgan fingerprint density at radius 2 is 2.12 bits per heavy atom. The minimum atomic E-state index is -0.580. The van der Waals surface area contributed by atoms with E-state index in [-0.39, 0.29) is 40.7 Å². The number of nitrogens with two attached hydrogens (primary N) is 1. The third-order valence-corrected chi connectivity index (χ3v) is 4.35. The summed E-state index contributed by atoms with van der Waals surface area (Å²) < 4.78 is 10.6. The molecule has 1 aliphatic rings. The zero-order valence-electron chi connectivity index (χ0n) is 14.6. The Bertz CT molecular complexity index is 655. The van der Waals surface area contributed by atoms with E-state index < -0.39 is 4.92 Å². The molecule has 0 bridgehead atoms. The van der Waals surface area contributed by atoms with Gasteiger partial charge in [0.25, 0.3) is 11.6 Å². The first kappa shape index (κ1) is 21.0. The van der Waals surface area contributed by atoms with Crippen molar-refractivity contribution in [1.82, 2.24) is 4.90 Å². The van der Waals surface area contributed by atoms with Crippen LogP contribution in [-0.2, 0) is 0 Å². The summed E-state index contributed by atoms with van der Waals surface area (Å²) in [6.45, 7) is 5.63. The number of rotatable bonds is 6. The van der Waals surface area contributed by atoms with Gasteiger partial charge in [0.15, 0.2) is 11.5 Å². The number of hydrogen-bond donors (Lipinski definition) is 1. The minimum Gasteiger partial charge on any atom is -0.493 e. The lowest BCUT2D eigenvalue weighted by atomic mass is 9.90. The number of likely N-dealkylation sites (tertiary alicyclic amines) is 1. The minimum absolute atomic E-state index is 0. The van der Waals surface area contributed by atoms with Crippen LogP contribution in [0.15, 0.2) is 12.1 Å². The predicted molar refractivity (Wildman–Crippen MR) is 95.7 cm³/mol. The molecule has 25 heavy (non-hydrogen) atoms. The number of hydrogen-bond acceptors (Lipinski definition) is 6. The van der Waals surface area contributed by atoms with Gasteiger partial charge in [0, 0.05) is 19.2 Å². The Morgan fingerprint density at radius 3 is 2.60 bits per heavy atom. The number of carbonyl (C=O) groups is 1. The maximum absolute atomic E-state index is 12.8. The molecule has 1 amide bonds. The Morgan fingerprint density at radius 1 is 1.44 bits per heavy atom. The zero-order chi connectivity index (χ0) is 17.9. The smallest absolute Gasteiger partial charge is 0.286 e. The van der Waals surface area contributed by atoms with Crippen LogP contribution in [0.25, 0.3) is 0 Å². The van der Waals surface area contributed by atoms with E-state index in [4.69, 9.17) is 15.2 Å². The van der Waals surface area contributed by atoms with E-state index in [1.807, 2.05) is 6.92 Å². The average Bonchev–Trinajstić information content (AvgIpc) is 2.97. The SMILES string of the molecule is CCOc1cc(C(=O)N2CCC(C)(CN)C2)c([N+](=O)[O-])cc1OC.Cl. The van der Waals surface area contributed by atoms with Crippen molar-refractivity contribution in [2.24, 2.45) is 11.1 Å². The van der Waals surface area contributed by atoms with Crippen molar-refractivity contribution < 1.29 is 19.2 Å². The van der Waals surface area contributed by atoms with Crippen LogP contribution in [0.4, 0.5) is 5.69 Å². The fourth-order valence-electron chi connectivity index (χ4n) is 2.83. The summed E-state index contributed by atoms with van der Waals surface area (Å²) in [5.74, 6) is 0.158. The van der Waals surface area contributed by atoms with Gasteiger partial charge in [0.05, 0.1) is 24.7 Å². The molecule has 0 radical (unpaired) electrons. The van der Waals surface area contributed by atoms with E-state index in [0.717, 1.165) is 6.42 Å². The van der Waals surface area contributed by atoms with Crippen LogP contribution >= 0.6 is 12.4 Å². The fraction of sp³-hybridized carbons (Fsp3) is 0.562. The van der Waals surface area contributed by atoms with E-state index >= 15 is 0 Å². The van der Waals surface area contributed by atoms with Gasteiger partial charge in [0.2, 0.25) is 0 Å². The molecule has 0 aliphatic carbocycles. The lowest BCUT2D eigenvalue weighted by Gasteiger charge is -2.22. The van der Waals surface area contributed by atoms with Crippen molar-refractivity contribution in [2.75, 3.05) is 33.4 Å². The summed E-state index contributed by atoms with van der Waals surface area (Å²) in [7, 11) is 1.40. The van der Waals surface area contributed by atoms with E-state index in [9.17, 15) is 14.9 Å². The van der Waals surface area contributed by atoms with Crippen molar-refractivity contribution >= 4 is 24.0 Å². The summed E-state index contributed by atoms with van der Waals surface area (Å²) in [6, 6.07) is 2.62. The molecule has 1 aromatic rings. The molecule has 1 fully saturated rings. The summed E-state index contributed by atoms with van der Waals surface area (Å²) in [4.78, 5) is 25.2. The summed E-state index contributed by atoms with van der Waals surface area (Å²) in [6.07, 6.45) is 0.775. The van der Waals surface area contributed by atoms with Gasteiger partial charge in [-0.2, -0.15) is 0 Å². The van der Waals surface area contributed by atoms with Gasteiger partial charge in [0.1, 0.15) is 5.56 Å². The molecule has 0 saturated carbocycles. The normalized spacial score (nSPS) is 19.3. The Balaban J connectivity index is 0.00000312. The molecule has 140 valence electrons. The van der Waals surface area contributed by atoms with Crippen LogP contribution in [0, 0.1) is 15.5 Å². The highest BCUT2D eigenvalue weighted by atomic mass is 35.5. The van der Waals surface area contributed by atoms with Gasteiger partial charge in [-0.05, 0) is 25.3 Å². The van der Waals surface area contributed by atoms with Gasteiger partial charge in [-0.25, -0.2) is 0 Å². The molecule has 0 aromatic heterocycles. The predicted octanol–water partition coefficient (Wildman–Crippen LogP) is 2.23. The number of nitrogens with zero attached hydrogens (tertiary/aromatic N) is 2. The Labute approximate surface area is 152 Å². The lowest BCUT2D eigenvalue weighted by molar-refractivity contribution is -0.385. The molecule has 8 nitrogen and oxygen atoms in total. The number of carbonyl (C=O) groups excluding carboxylic acids is 1. The van der Waals surface area contributed by atoms with Crippen LogP contribution in [0.3, 0.4) is 0 Å². The number of benzene rings is 1. The second kappa shape index (κ2) is 8.35. The molecule has 1 saturated heterocycles. The van der Waals surface area contributed by atoms with Gasteiger partial charge < -0.3 is 20.1 Å². The largest absolute Gasteiger partial charge is 0.493 e. The van der Waals surface area contributed by atoms with Crippen molar-refractivity contribution in [3.05, 3.63) is 27.8 Å². The molecule has 2 rings (SSSR count). The first-order valence-electron chi connectivity index (χ1n) is 7.83. The standard InChI is InChI=1S/C16H23N3O5.ClH/c1-4-24-14-7-11(12(19(21)22)8-13(14)23-3)15(20)18-6-5-16(2,9-17)10-18;/h7-8H,4-6,9-10,17H2,1-3H3;1H. The maximum Gasteiger partial charge on any atom is 0.286 e. The van der Waals surface area contributed by atoms with Crippen molar-refractivity contribution in [3.8, 4) is 11.5 Å². The molecule has 0 spiro atoms. The highest BCUT2D eigenvalue weighted by Gasteiger charge is 2.37. The van der Waals surface area contributed by atoms with Crippen LogP contribution < -0.4 is 15.2 Å². The van der Waals surface area contributed by atoms with Gasteiger partial charge in [-0.3, -0.25) is 14.9 Å². The van der Waals surface area contributed by atoms with Crippen LogP contribution in [-0.4, -0.2) is 49.1 Å². The van der Waals surface area contributed by atoms with Crippen LogP contribution in [0.5, 0.6) is 11.5 Å². The Hall–Kier alpha value is -2.06. The van der Waals surface area contributed by atoms with Crippen molar-refractivity contribution in [1.29, 1.82) is 0 Å². The van der Waals surface area contributed by atoms with Gasteiger partial charge >= 0.3 is 0 Å². The van der Waals surface area contributed by atoms with Gasteiger partial charge in [-0.1, -0.05) is 6.92 Å². The number of amides is 1. The third-order valence-electron chi connectivity index (χ3n) is 4.35. The molecule has 1 unspecified atom stereocenters. The number of nitro benzene ring substituents is 1. The molecular weight excluding hydrogens is 350 g/mol. The number of ether oxygens (including phenoxy) is 2. The molecule has 1 aliphatic heterocycles. The average molecular weight is 374 g/mol. The molecule has 1 atom stereocenters. The highest BCUT2D eigenvalue weighted by Crippen LogP contribution is 2.37. The summed E-state index contributed by atoms with van der Waals surface area (Å²) in [5.41, 5.74) is 5.33. The quantitative estimate of drug-likeness (QED) is 0.605. The number of halogens is 1. The topological polar surface area (TPSA) is 108 Å².